The molecular weight excluding hydrogens is 416 g/mol. The van der Waals surface area contributed by atoms with E-state index in [2.05, 4.69) is 5.32 Å². The molecule has 1 heterocycles. The summed E-state index contributed by atoms with van der Waals surface area (Å²) in [6.45, 7) is 0. The number of aliphatic hydroxyl groups is 1. The number of halogens is 1. The molecule has 1 amide bonds. The van der Waals surface area contributed by atoms with Crippen LogP contribution >= 0.6 is 11.6 Å². The topological polar surface area (TPSA) is 89.9 Å². The van der Waals surface area contributed by atoms with Gasteiger partial charge in [0.05, 0.1) is 21.8 Å². The van der Waals surface area contributed by atoms with E-state index >= 15 is 0 Å². The zero-order valence-electron chi connectivity index (χ0n) is 16.8. The van der Waals surface area contributed by atoms with Gasteiger partial charge in [-0.25, -0.2) is 4.79 Å². The molecule has 4 rings (SSSR count). The van der Waals surface area contributed by atoms with Crippen LogP contribution in [-0.4, -0.2) is 36.2 Å². The summed E-state index contributed by atoms with van der Waals surface area (Å²) < 4.78 is 0. The lowest BCUT2D eigenvalue weighted by Crippen LogP contribution is -2.07. The van der Waals surface area contributed by atoms with Crippen LogP contribution in [0.3, 0.4) is 0 Å². The van der Waals surface area contributed by atoms with E-state index in [9.17, 15) is 14.7 Å². The molecule has 0 saturated heterocycles. The highest BCUT2D eigenvalue weighted by Crippen LogP contribution is 2.42. The molecule has 7 heteroatoms. The van der Waals surface area contributed by atoms with Crippen molar-refractivity contribution < 1.29 is 19.8 Å². The molecule has 0 unspecified atom stereocenters. The van der Waals surface area contributed by atoms with Crippen LogP contribution in [0, 0.1) is 0 Å². The minimum atomic E-state index is -1.07. The zero-order valence-corrected chi connectivity index (χ0v) is 17.6. The van der Waals surface area contributed by atoms with Crippen LogP contribution < -0.4 is 10.2 Å². The molecule has 0 aliphatic carbocycles. The summed E-state index contributed by atoms with van der Waals surface area (Å²) in [6.07, 6.45) is 0. The van der Waals surface area contributed by atoms with E-state index in [1.165, 1.54) is 24.3 Å². The van der Waals surface area contributed by atoms with Gasteiger partial charge in [0.25, 0.3) is 5.91 Å². The third-order valence-corrected chi connectivity index (χ3v) is 5.50. The van der Waals surface area contributed by atoms with Crippen LogP contribution in [0.5, 0.6) is 0 Å². The first-order valence-corrected chi connectivity index (χ1v) is 9.84. The Balaban J connectivity index is 1.81. The fourth-order valence-electron chi connectivity index (χ4n) is 3.50. The summed E-state index contributed by atoms with van der Waals surface area (Å²) in [4.78, 5) is 25.7. The van der Waals surface area contributed by atoms with Gasteiger partial charge in [0.1, 0.15) is 5.76 Å². The largest absolute Gasteiger partial charge is 0.506 e. The number of aromatic carboxylic acids is 1. The molecule has 3 aromatic rings. The van der Waals surface area contributed by atoms with Crippen LogP contribution in [0.1, 0.15) is 21.5 Å². The molecule has 0 atom stereocenters. The molecule has 1 aliphatic heterocycles. The molecule has 156 valence electrons. The van der Waals surface area contributed by atoms with Crippen molar-refractivity contribution in [2.75, 3.05) is 24.3 Å². The number of hydrogen-bond donors (Lipinski definition) is 3. The monoisotopic (exact) mass is 434 g/mol. The van der Waals surface area contributed by atoms with Gasteiger partial charge in [-0.05, 0) is 42.0 Å². The Morgan fingerprint density at radius 1 is 0.903 bits per heavy atom. The number of carbonyl (C=O) groups excluding carboxylic acids is 1. The molecule has 0 radical (unpaired) electrons. The van der Waals surface area contributed by atoms with Gasteiger partial charge in [-0.2, -0.15) is 0 Å². The van der Waals surface area contributed by atoms with Gasteiger partial charge in [0.15, 0.2) is 0 Å². The minimum Gasteiger partial charge on any atom is -0.506 e. The maximum absolute atomic E-state index is 12.6. The highest BCUT2D eigenvalue weighted by Gasteiger charge is 2.30. The Bertz CT molecular complexity index is 1230. The van der Waals surface area contributed by atoms with Crippen LogP contribution in [0.25, 0.3) is 22.5 Å². The second kappa shape index (κ2) is 7.81. The van der Waals surface area contributed by atoms with E-state index in [1.54, 1.807) is 12.1 Å². The Hall–Kier alpha value is -3.77. The van der Waals surface area contributed by atoms with Crippen molar-refractivity contribution in [3.8, 4) is 11.1 Å². The van der Waals surface area contributed by atoms with E-state index in [0.717, 1.165) is 16.8 Å². The maximum atomic E-state index is 12.6. The van der Waals surface area contributed by atoms with Crippen LogP contribution in [-0.2, 0) is 4.79 Å². The van der Waals surface area contributed by atoms with Gasteiger partial charge in [0, 0.05) is 36.5 Å². The van der Waals surface area contributed by atoms with Gasteiger partial charge < -0.3 is 20.4 Å². The van der Waals surface area contributed by atoms with E-state index in [4.69, 9.17) is 16.7 Å². The standard InChI is InChI=1S/C24H19ClN2O4/c1-27(2)16-9-7-13(8-10-16)17-11-18-20(12-19(17)25)26-23(29)21(18)22(28)14-3-5-15(6-4-14)24(30)31/h3-12,28H,1-2H3,(H,26,29)(H,30,31). The van der Waals surface area contributed by atoms with Crippen molar-refractivity contribution in [1.82, 2.24) is 0 Å². The lowest BCUT2D eigenvalue weighted by Gasteiger charge is -2.14. The number of carboxylic acid groups (broad SMARTS) is 1. The number of benzene rings is 3. The molecule has 3 aromatic carbocycles. The maximum Gasteiger partial charge on any atom is 0.335 e. The molecule has 0 spiro atoms. The Morgan fingerprint density at radius 2 is 1.52 bits per heavy atom. The quantitative estimate of drug-likeness (QED) is 0.390. The van der Waals surface area contributed by atoms with Gasteiger partial charge in [0.2, 0.25) is 0 Å². The molecule has 0 fully saturated rings. The highest BCUT2D eigenvalue weighted by atomic mass is 35.5. The smallest absolute Gasteiger partial charge is 0.335 e. The normalized spacial score (nSPS) is 14.1. The lowest BCUT2D eigenvalue weighted by molar-refractivity contribution is -0.110. The summed E-state index contributed by atoms with van der Waals surface area (Å²) in [6, 6.07) is 17.0. The molecule has 0 saturated carbocycles. The first-order valence-electron chi connectivity index (χ1n) is 9.46. The highest BCUT2D eigenvalue weighted by molar-refractivity contribution is 6.38. The number of anilines is 2. The van der Waals surface area contributed by atoms with Crippen molar-refractivity contribution in [3.05, 3.63) is 82.4 Å². The molecule has 3 N–H and O–H groups in total. The van der Waals surface area contributed by atoms with Crippen LogP contribution in [0.2, 0.25) is 5.02 Å². The fourth-order valence-corrected chi connectivity index (χ4v) is 3.77. The first kappa shape index (κ1) is 20.5. The number of rotatable bonds is 4. The predicted octanol–water partition coefficient (Wildman–Crippen LogP) is 5.15. The third kappa shape index (κ3) is 3.73. The van der Waals surface area contributed by atoms with Crippen molar-refractivity contribution in [3.63, 3.8) is 0 Å². The SMILES string of the molecule is CN(C)c1ccc(-c2cc3c(cc2Cl)NC(=O)C3=C(O)c2ccc(C(=O)O)cc2)cc1. The minimum absolute atomic E-state index is 0.0908. The number of aliphatic hydroxyl groups excluding tert-OH is 1. The van der Waals surface area contributed by atoms with Gasteiger partial charge in [-0.1, -0.05) is 35.9 Å². The van der Waals surface area contributed by atoms with Gasteiger partial charge in [-0.15, -0.1) is 0 Å². The molecule has 31 heavy (non-hydrogen) atoms. The summed E-state index contributed by atoms with van der Waals surface area (Å²) >= 11 is 6.49. The summed E-state index contributed by atoms with van der Waals surface area (Å²) in [5.41, 5.74) is 4.23. The van der Waals surface area contributed by atoms with Crippen molar-refractivity contribution in [2.45, 2.75) is 0 Å². The van der Waals surface area contributed by atoms with Gasteiger partial charge >= 0.3 is 5.97 Å². The average molecular weight is 435 g/mol. The summed E-state index contributed by atoms with van der Waals surface area (Å²) in [5.74, 6) is -1.75. The zero-order chi connectivity index (χ0) is 22.3. The number of amides is 1. The van der Waals surface area contributed by atoms with Crippen molar-refractivity contribution >= 4 is 46.2 Å². The van der Waals surface area contributed by atoms with Crippen molar-refractivity contribution in [2.24, 2.45) is 0 Å². The van der Waals surface area contributed by atoms with Gasteiger partial charge in [-0.3, -0.25) is 4.79 Å². The number of carboxylic acids is 1. The number of carbonyl (C=O) groups is 2. The number of fused-ring (bicyclic) bond motifs is 1. The second-order valence-electron chi connectivity index (χ2n) is 7.38. The first-order chi connectivity index (χ1) is 14.8. The Labute approximate surface area is 184 Å². The third-order valence-electron chi connectivity index (χ3n) is 5.19. The average Bonchev–Trinajstić information content (AvgIpc) is 3.07. The molecule has 6 nitrogen and oxygen atoms in total. The fraction of sp³-hybridized carbons (Fsp3) is 0.0833. The Morgan fingerprint density at radius 3 is 2.10 bits per heavy atom. The second-order valence-corrected chi connectivity index (χ2v) is 7.79. The lowest BCUT2D eigenvalue weighted by atomic mass is 9.97. The van der Waals surface area contributed by atoms with Crippen LogP contribution in [0.15, 0.2) is 60.7 Å². The molecule has 0 bridgehead atoms. The number of nitrogens with one attached hydrogen (secondary N) is 1. The summed E-state index contributed by atoms with van der Waals surface area (Å²) in [5, 5.41) is 23.1. The molecule has 0 aromatic heterocycles. The number of hydrogen-bond acceptors (Lipinski definition) is 4. The number of nitrogens with zero attached hydrogens (tertiary/aromatic N) is 1. The Kier molecular flexibility index (Phi) is 5.17. The predicted molar refractivity (Wildman–Crippen MR) is 123 cm³/mol. The van der Waals surface area contributed by atoms with E-state index in [1.807, 2.05) is 43.3 Å². The van der Waals surface area contributed by atoms with Crippen molar-refractivity contribution in [1.29, 1.82) is 0 Å². The molecule has 1 aliphatic rings. The van der Waals surface area contributed by atoms with E-state index in [-0.39, 0.29) is 16.9 Å². The molecular formula is C24H19ClN2O4. The van der Waals surface area contributed by atoms with E-state index < -0.39 is 11.9 Å². The van der Waals surface area contributed by atoms with Crippen LogP contribution in [0.4, 0.5) is 11.4 Å². The summed E-state index contributed by atoms with van der Waals surface area (Å²) in [7, 11) is 3.91. The van der Waals surface area contributed by atoms with E-state index in [0.29, 0.717) is 21.8 Å².